The number of benzene rings is 3. The van der Waals surface area contributed by atoms with E-state index in [9.17, 15) is 14.9 Å². The first-order valence-corrected chi connectivity index (χ1v) is 12.7. The molecule has 9 nitrogen and oxygen atoms in total. The van der Waals surface area contributed by atoms with Crippen molar-refractivity contribution >= 4 is 56.2 Å². The molecule has 1 N–H and O–H groups in total. The molecule has 0 spiro atoms. The lowest BCUT2D eigenvalue weighted by atomic mass is 10.1. The first kappa shape index (κ1) is 26.2. The summed E-state index contributed by atoms with van der Waals surface area (Å²) in [6, 6.07) is 16.9. The van der Waals surface area contributed by atoms with Crippen LogP contribution in [0.2, 0.25) is 0 Å². The largest absolute Gasteiger partial charge is 0.497 e. The molecule has 1 heterocycles. The van der Waals surface area contributed by atoms with E-state index in [2.05, 4.69) is 26.2 Å². The number of nitro groups is 1. The molecular formula is C26H22BrN3O6S. The number of nitro benzene ring substituents is 1. The van der Waals surface area contributed by atoms with Crippen molar-refractivity contribution in [2.75, 3.05) is 13.7 Å². The first-order valence-electron chi connectivity index (χ1n) is 11.1. The zero-order valence-corrected chi connectivity index (χ0v) is 22.3. The number of nitrogens with zero attached hydrogens (tertiary/aromatic N) is 2. The number of ether oxygens (including phenoxy) is 3. The predicted molar refractivity (Wildman–Crippen MR) is 147 cm³/mol. The van der Waals surface area contributed by atoms with Crippen molar-refractivity contribution in [1.29, 1.82) is 0 Å². The molecule has 0 atom stereocenters. The van der Waals surface area contributed by atoms with Crippen molar-refractivity contribution in [3.8, 4) is 17.2 Å². The Bertz CT molecular complexity index is 1370. The number of halogens is 1. The second kappa shape index (κ2) is 11.9. The molecule has 190 valence electrons. The normalized spacial score (nSPS) is 15.1. The highest BCUT2D eigenvalue weighted by Gasteiger charge is 2.24. The third kappa shape index (κ3) is 6.69. The maximum Gasteiger partial charge on any atom is 0.269 e. The molecule has 0 radical (unpaired) electrons. The van der Waals surface area contributed by atoms with Crippen LogP contribution in [0.4, 0.5) is 11.4 Å². The Morgan fingerprint density at radius 1 is 1.08 bits per heavy atom. The monoisotopic (exact) mass is 583 g/mol. The summed E-state index contributed by atoms with van der Waals surface area (Å²) in [4.78, 5) is 28.0. The molecule has 37 heavy (non-hydrogen) atoms. The third-order valence-corrected chi connectivity index (χ3v) is 6.74. The van der Waals surface area contributed by atoms with Crippen molar-refractivity contribution in [1.82, 2.24) is 5.32 Å². The quantitative estimate of drug-likeness (QED) is 0.180. The van der Waals surface area contributed by atoms with Crippen LogP contribution in [0.5, 0.6) is 17.2 Å². The van der Waals surface area contributed by atoms with E-state index in [4.69, 9.17) is 14.2 Å². The number of hydrogen-bond donors (Lipinski definition) is 1. The van der Waals surface area contributed by atoms with Gasteiger partial charge in [0.1, 0.15) is 12.4 Å². The molecule has 1 aliphatic heterocycles. The maximum atomic E-state index is 12.6. The smallest absolute Gasteiger partial charge is 0.269 e. The van der Waals surface area contributed by atoms with Crippen LogP contribution in [-0.4, -0.2) is 29.7 Å². The van der Waals surface area contributed by atoms with Gasteiger partial charge >= 0.3 is 0 Å². The minimum Gasteiger partial charge on any atom is -0.497 e. The average Bonchev–Trinajstić information content (AvgIpc) is 3.23. The van der Waals surface area contributed by atoms with Crippen LogP contribution in [0.3, 0.4) is 0 Å². The van der Waals surface area contributed by atoms with E-state index >= 15 is 0 Å². The molecule has 4 rings (SSSR count). The van der Waals surface area contributed by atoms with Crippen molar-refractivity contribution in [3.05, 3.63) is 91.3 Å². The highest BCUT2D eigenvalue weighted by Crippen LogP contribution is 2.37. The molecule has 0 saturated carbocycles. The highest BCUT2D eigenvalue weighted by atomic mass is 79.9. The number of amides is 1. The molecule has 1 saturated heterocycles. The molecule has 1 aliphatic rings. The zero-order chi connectivity index (χ0) is 26.4. The van der Waals surface area contributed by atoms with Gasteiger partial charge in [0, 0.05) is 16.6 Å². The molecular weight excluding hydrogens is 562 g/mol. The molecule has 11 heteroatoms. The average molecular weight is 584 g/mol. The van der Waals surface area contributed by atoms with Crippen molar-refractivity contribution in [3.63, 3.8) is 0 Å². The summed E-state index contributed by atoms with van der Waals surface area (Å²) >= 11 is 4.80. The van der Waals surface area contributed by atoms with Crippen LogP contribution in [0.25, 0.3) is 6.08 Å². The molecule has 1 amide bonds. The van der Waals surface area contributed by atoms with Gasteiger partial charge in [-0.15, -0.1) is 0 Å². The number of amidine groups is 1. The number of hydrogen-bond acceptors (Lipinski definition) is 8. The van der Waals surface area contributed by atoms with Crippen molar-refractivity contribution < 1.29 is 23.9 Å². The van der Waals surface area contributed by atoms with Gasteiger partial charge in [-0.1, -0.05) is 15.9 Å². The predicted octanol–water partition coefficient (Wildman–Crippen LogP) is 6.24. The molecule has 0 aliphatic carbocycles. The Morgan fingerprint density at radius 3 is 2.43 bits per heavy atom. The van der Waals surface area contributed by atoms with E-state index in [1.165, 1.54) is 23.9 Å². The van der Waals surface area contributed by atoms with Gasteiger partial charge in [0.25, 0.3) is 11.6 Å². The van der Waals surface area contributed by atoms with E-state index in [-0.39, 0.29) is 18.2 Å². The Labute approximate surface area is 225 Å². The zero-order valence-electron chi connectivity index (χ0n) is 19.9. The van der Waals surface area contributed by atoms with Gasteiger partial charge in [-0.3, -0.25) is 14.9 Å². The first-order chi connectivity index (χ1) is 17.9. The number of carbonyl (C=O) groups is 1. The molecule has 3 aromatic carbocycles. The number of carbonyl (C=O) groups excluding carboxylic acids is 1. The number of non-ortho nitro benzene ring substituents is 1. The lowest BCUT2D eigenvalue weighted by Gasteiger charge is -2.14. The number of nitrogens with one attached hydrogen (secondary N) is 1. The Hall–Kier alpha value is -3.83. The molecule has 0 aromatic heterocycles. The van der Waals surface area contributed by atoms with Gasteiger partial charge in [-0.05, 0) is 84.4 Å². The van der Waals surface area contributed by atoms with Crippen LogP contribution in [-0.2, 0) is 11.4 Å². The third-order valence-electron chi connectivity index (χ3n) is 5.14. The summed E-state index contributed by atoms with van der Waals surface area (Å²) in [5.74, 6) is 1.48. The van der Waals surface area contributed by atoms with Crippen LogP contribution >= 0.6 is 27.7 Å². The topological polar surface area (TPSA) is 112 Å². The fraction of sp³-hybridized carbons (Fsp3) is 0.154. The van der Waals surface area contributed by atoms with Crippen LogP contribution in [0.15, 0.2) is 75.0 Å². The van der Waals surface area contributed by atoms with Crippen molar-refractivity contribution in [2.45, 2.75) is 13.5 Å². The standard InChI is InChI=1S/C26H22BrN3O6S/c1-3-35-22-12-17(21(27)14-23(22)36-15-16-4-8-19(9-5-16)30(32)33)13-24-25(31)29-26(37-24)28-18-6-10-20(34-2)11-7-18/h4-14H,3,15H2,1-2H3,(H,28,29,31)/b24-13+. The van der Waals surface area contributed by atoms with Gasteiger partial charge in [0.05, 0.1) is 29.2 Å². The van der Waals surface area contributed by atoms with Gasteiger partial charge in [-0.25, -0.2) is 4.99 Å². The number of thioether (sulfide) groups is 1. The summed E-state index contributed by atoms with van der Waals surface area (Å²) in [6.45, 7) is 2.48. The van der Waals surface area contributed by atoms with E-state index in [0.717, 1.165) is 16.9 Å². The van der Waals surface area contributed by atoms with E-state index in [1.807, 2.05) is 6.92 Å². The number of aliphatic imine (C=N–C) groups is 1. The van der Waals surface area contributed by atoms with E-state index in [0.29, 0.717) is 38.3 Å². The Morgan fingerprint density at radius 2 is 1.78 bits per heavy atom. The minimum atomic E-state index is -0.445. The lowest BCUT2D eigenvalue weighted by molar-refractivity contribution is -0.384. The maximum absolute atomic E-state index is 12.6. The van der Waals surface area contributed by atoms with E-state index in [1.54, 1.807) is 61.7 Å². The number of rotatable bonds is 9. The molecule has 3 aromatic rings. The number of methoxy groups -OCH3 is 1. The van der Waals surface area contributed by atoms with Crippen LogP contribution in [0.1, 0.15) is 18.1 Å². The Kier molecular flexibility index (Phi) is 8.47. The van der Waals surface area contributed by atoms with Gasteiger partial charge in [0.2, 0.25) is 0 Å². The molecule has 0 unspecified atom stereocenters. The van der Waals surface area contributed by atoms with Crippen LogP contribution in [0, 0.1) is 10.1 Å². The highest BCUT2D eigenvalue weighted by molar-refractivity contribution is 9.10. The fourth-order valence-corrected chi connectivity index (χ4v) is 4.58. The summed E-state index contributed by atoms with van der Waals surface area (Å²) in [5.41, 5.74) is 2.22. The Balaban J connectivity index is 1.52. The van der Waals surface area contributed by atoms with E-state index < -0.39 is 4.92 Å². The summed E-state index contributed by atoms with van der Waals surface area (Å²) < 4.78 is 17.6. The molecule has 0 bridgehead atoms. The van der Waals surface area contributed by atoms with Gasteiger partial charge in [-0.2, -0.15) is 0 Å². The minimum absolute atomic E-state index is 0.0184. The summed E-state index contributed by atoms with van der Waals surface area (Å²) in [6.07, 6.45) is 1.75. The van der Waals surface area contributed by atoms with Gasteiger partial charge in [0.15, 0.2) is 16.7 Å². The van der Waals surface area contributed by atoms with Crippen LogP contribution < -0.4 is 19.5 Å². The molecule has 1 fully saturated rings. The van der Waals surface area contributed by atoms with Gasteiger partial charge < -0.3 is 19.5 Å². The summed E-state index contributed by atoms with van der Waals surface area (Å²) in [7, 11) is 1.60. The SMILES string of the molecule is CCOc1cc(/C=C2/SC(=Nc3ccc(OC)cc3)NC2=O)c(Br)cc1OCc1ccc([N+](=O)[O-])cc1. The summed E-state index contributed by atoms with van der Waals surface area (Å²) in [5, 5.41) is 14.1. The second-order valence-electron chi connectivity index (χ2n) is 7.65. The van der Waals surface area contributed by atoms with Crippen molar-refractivity contribution in [2.24, 2.45) is 4.99 Å². The lowest BCUT2D eigenvalue weighted by Crippen LogP contribution is -2.19. The second-order valence-corrected chi connectivity index (χ2v) is 9.53. The fourth-order valence-electron chi connectivity index (χ4n) is 3.31.